The maximum Gasteiger partial charge on any atom is 0.220 e. The van der Waals surface area contributed by atoms with Gasteiger partial charge in [-0.3, -0.25) is 19.2 Å². The molecule has 10 nitrogen and oxygen atoms in total. The molecule has 0 radical (unpaired) electrons. The molecule has 2 aromatic heterocycles. The molecule has 0 spiro atoms. The van der Waals surface area contributed by atoms with Crippen molar-refractivity contribution >= 4 is 46.3 Å². The van der Waals surface area contributed by atoms with Gasteiger partial charge >= 0.3 is 0 Å². The van der Waals surface area contributed by atoms with Gasteiger partial charge in [-0.25, -0.2) is 9.97 Å². The van der Waals surface area contributed by atoms with Crippen LogP contribution in [0.2, 0.25) is 0 Å². The Hall–Kier alpha value is -12.2. The van der Waals surface area contributed by atoms with Crippen LogP contribution in [0.3, 0.4) is 0 Å². The first-order valence-corrected chi connectivity index (χ1v) is 50.8. The monoisotopic (exact) mass is 1850 g/mol. The zero-order chi connectivity index (χ0) is 97.9. The van der Waals surface area contributed by atoms with Crippen molar-refractivity contribution in [2.24, 2.45) is 0 Å². The van der Waals surface area contributed by atoms with E-state index in [1.807, 2.05) is 0 Å². The molecular formula is C124H144N6O4S2. The lowest BCUT2D eigenvalue weighted by Crippen LogP contribution is -2.23. The van der Waals surface area contributed by atoms with Gasteiger partial charge in [0.1, 0.15) is 10.0 Å². The molecule has 0 aliphatic carbocycles. The topological polar surface area (TPSA) is 142 Å². The second-order valence-corrected chi connectivity index (χ2v) is 40.1. The first kappa shape index (κ1) is 103. The molecular weight excluding hydrogens is 1700 g/mol. The summed E-state index contributed by atoms with van der Waals surface area (Å²) in [7, 11) is 0. The number of nitrogens with one attached hydrogen (secondary N) is 4. The highest BCUT2D eigenvalue weighted by atomic mass is 32.1. The number of unbranched alkanes of at least 4 members (excludes halogenated alkanes) is 6. The van der Waals surface area contributed by atoms with Crippen LogP contribution in [0.15, 0.2) is 193 Å². The van der Waals surface area contributed by atoms with E-state index in [4.69, 9.17) is 9.97 Å². The average Bonchev–Trinajstić information content (AvgIpc) is 1.32. The van der Waals surface area contributed by atoms with Crippen molar-refractivity contribution in [1.29, 1.82) is 0 Å². The first-order valence-electron chi connectivity index (χ1n) is 49.0. The highest BCUT2D eigenvalue weighted by Crippen LogP contribution is 2.41. The van der Waals surface area contributed by atoms with Gasteiger partial charge in [0.05, 0.1) is 11.4 Å². The first-order chi connectivity index (χ1) is 65.0. The third kappa shape index (κ3) is 25.7. The molecule has 0 aliphatic rings. The van der Waals surface area contributed by atoms with Crippen molar-refractivity contribution in [3.05, 3.63) is 360 Å². The Bertz CT molecular complexity index is 6310. The summed E-state index contributed by atoms with van der Waals surface area (Å²) in [5.74, 6) is 0.334. The number of benzene rings is 12. The minimum absolute atomic E-state index is 0.0814. The second-order valence-electron chi connectivity index (χ2n) is 38.4. The number of aryl methyl sites for hydroxylation is 12. The SMILES string of the molecule is Cc1cccc(-c2cc(-c3nc(CCc4csc(-c5cc(C)c(C)c(-c6cccc(C)c6C)c5)n4)cs3)cc(C)c2C)c1C.Cc1cccc(-c2cc(CNC(=O)CCCCCCC(=O)NCc3cc(C)c(C)c(-c4cccc(C)c4C)c3)cc(C)c2C)c1C.Cc1cccc(-c2ccc(CNC(=O)CCCCCCC(=O)NCc3ccc(-c4cccc(C)c4C)c(C)c3C)c(C)c2C)c1C. The van der Waals surface area contributed by atoms with E-state index in [0.29, 0.717) is 51.9 Å². The quantitative estimate of drug-likeness (QED) is 0.0302. The van der Waals surface area contributed by atoms with Gasteiger partial charge in [-0.1, -0.05) is 171 Å². The molecule has 706 valence electrons. The Morgan fingerprint density at radius 1 is 0.228 bits per heavy atom. The number of hydrogen-bond acceptors (Lipinski definition) is 8. The molecule has 14 aromatic rings. The third-order valence-corrected chi connectivity index (χ3v) is 31.1. The van der Waals surface area contributed by atoms with Crippen LogP contribution < -0.4 is 21.3 Å². The minimum atomic E-state index is 0.0814. The number of aromatic nitrogens is 2. The lowest BCUT2D eigenvalue weighted by molar-refractivity contribution is -0.122. The van der Waals surface area contributed by atoms with Crippen LogP contribution >= 0.6 is 22.7 Å². The summed E-state index contributed by atoms with van der Waals surface area (Å²) in [5.41, 5.74) is 55.6. The maximum absolute atomic E-state index is 12.6. The summed E-state index contributed by atoms with van der Waals surface area (Å²) < 4.78 is 0. The van der Waals surface area contributed by atoms with Gasteiger partial charge in [0.2, 0.25) is 23.6 Å². The Balaban J connectivity index is 0.000000183. The van der Waals surface area contributed by atoms with Crippen LogP contribution in [-0.4, -0.2) is 33.6 Å². The zero-order valence-corrected chi connectivity index (χ0v) is 87.2. The van der Waals surface area contributed by atoms with Crippen molar-refractivity contribution < 1.29 is 19.2 Å². The Kier molecular flexibility index (Phi) is 35.9. The Morgan fingerprint density at radius 3 is 0.743 bits per heavy atom. The van der Waals surface area contributed by atoms with E-state index in [0.717, 1.165) is 108 Å². The van der Waals surface area contributed by atoms with Crippen LogP contribution in [0.4, 0.5) is 0 Å². The lowest BCUT2D eigenvalue weighted by Gasteiger charge is -2.17. The zero-order valence-electron chi connectivity index (χ0n) is 85.5. The highest BCUT2D eigenvalue weighted by Gasteiger charge is 2.22. The third-order valence-electron chi connectivity index (χ3n) is 29.2. The van der Waals surface area contributed by atoms with Crippen LogP contribution in [-0.2, 0) is 58.2 Å². The molecule has 0 atom stereocenters. The van der Waals surface area contributed by atoms with E-state index < -0.39 is 0 Å². The molecule has 0 saturated carbocycles. The standard InChI is InChI=1S/2C42H52N2O2.C40H40N2S2/c1-27-15-13-17-37(31(27)5)39-23-35(21-29(3)33(39)7)25-43-41(45)19-11-9-10-12-20-42(46)44-26-36-22-30(4)34(8)40(24-36)38-18-14-16-28(2)32(38)6;1-27-15-13-17-37(29(27)3)39-23-21-35(31(5)33(39)7)25-43-41(45)19-11-9-10-12-20-42(46)44-26-36-22-24-40(34(8)32(36)6)38-18-14-16-28(2)30(38)4;1-23-11-9-13-35(27(23)5)37-19-31(17-25(3)29(37)7)39-41-33(21-43-39)15-16-34-22-44-40(42-34)32-18-26(4)30(8)38(20-32)36-14-10-12-24(2)28(36)6/h2*13-18,21-24H,9-12,19-20,25-26H2,1-8H3,(H,43,45)(H,44,46);9-14,17-22H,15-16H2,1-8H3. The van der Waals surface area contributed by atoms with Gasteiger partial charge < -0.3 is 21.3 Å². The van der Waals surface area contributed by atoms with E-state index in [2.05, 4.69) is 380 Å². The van der Waals surface area contributed by atoms with E-state index in [1.54, 1.807) is 22.7 Å². The number of thiazole rings is 2. The number of rotatable bonds is 33. The number of carbonyl (C=O) groups excluding carboxylic acids is 4. The van der Waals surface area contributed by atoms with Crippen LogP contribution in [0, 0.1) is 166 Å². The number of nitrogens with zero attached hydrogens (tertiary/aromatic N) is 2. The highest BCUT2D eigenvalue weighted by molar-refractivity contribution is 7.13. The Labute approximate surface area is 821 Å². The van der Waals surface area contributed by atoms with Crippen molar-refractivity contribution in [3.8, 4) is 87.9 Å². The van der Waals surface area contributed by atoms with E-state index >= 15 is 0 Å². The van der Waals surface area contributed by atoms with Gasteiger partial charge in [0.15, 0.2) is 0 Å². The molecule has 4 N–H and O–H groups in total. The van der Waals surface area contributed by atoms with E-state index in [-0.39, 0.29) is 23.6 Å². The summed E-state index contributed by atoms with van der Waals surface area (Å²) >= 11 is 3.48. The number of amides is 4. The molecule has 12 heteroatoms. The maximum atomic E-state index is 12.6. The summed E-state index contributed by atoms with van der Waals surface area (Å²) in [6.45, 7) is 54.4. The molecule has 0 bridgehead atoms. The summed E-state index contributed by atoms with van der Waals surface area (Å²) in [6, 6.07) is 65.7. The second kappa shape index (κ2) is 47.5. The molecule has 12 aromatic carbocycles. The minimum Gasteiger partial charge on any atom is -0.352 e. The molecule has 0 saturated heterocycles. The van der Waals surface area contributed by atoms with Crippen molar-refractivity contribution in [2.75, 3.05) is 0 Å². The predicted octanol–water partition coefficient (Wildman–Crippen LogP) is 31.0. The molecule has 0 fully saturated rings. The van der Waals surface area contributed by atoms with Crippen LogP contribution in [0.1, 0.15) is 244 Å². The van der Waals surface area contributed by atoms with Crippen LogP contribution in [0.5, 0.6) is 0 Å². The fourth-order valence-electron chi connectivity index (χ4n) is 18.5. The summed E-state index contributed by atoms with van der Waals surface area (Å²) in [4.78, 5) is 60.5. The smallest absolute Gasteiger partial charge is 0.220 e. The van der Waals surface area contributed by atoms with Crippen molar-refractivity contribution in [1.82, 2.24) is 31.2 Å². The molecule has 136 heavy (non-hydrogen) atoms. The normalized spacial score (nSPS) is 11.1. The molecule has 2 heterocycles. The fraction of sp³-hybridized carbons (Fsp3) is 0.339. The van der Waals surface area contributed by atoms with Gasteiger partial charge in [0, 0.05) is 73.7 Å². The van der Waals surface area contributed by atoms with Gasteiger partial charge in [0.25, 0.3) is 0 Å². The van der Waals surface area contributed by atoms with Crippen molar-refractivity contribution in [3.63, 3.8) is 0 Å². The number of carbonyl (C=O) groups is 4. The van der Waals surface area contributed by atoms with Gasteiger partial charge in [-0.05, 0) is 464 Å². The van der Waals surface area contributed by atoms with E-state index in [9.17, 15) is 19.2 Å². The van der Waals surface area contributed by atoms with Gasteiger partial charge in [-0.2, -0.15) is 0 Å². The molecule has 4 amide bonds. The molecule has 14 rings (SSSR count). The predicted molar refractivity (Wildman–Crippen MR) is 577 cm³/mol. The van der Waals surface area contributed by atoms with Gasteiger partial charge in [-0.15, -0.1) is 22.7 Å². The van der Waals surface area contributed by atoms with Crippen molar-refractivity contribution in [2.45, 2.75) is 282 Å². The lowest BCUT2D eigenvalue weighted by atomic mass is 9.90. The summed E-state index contributed by atoms with van der Waals surface area (Å²) in [6.07, 6.45) is 10.9. The van der Waals surface area contributed by atoms with E-state index in [1.165, 1.54) is 211 Å². The molecule has 0 aliphatic heterocycles. The largest absolute Gasteiger partial charge is 0.352 e. The van der Waals surface area contributed by atoms with Crippen LogP contribution in [0.25, 0.3) is 87.9 Å². The summed E-state index contributed by atoms with van der Waals surface area (Å²) in [5, 5.41) is 19.1. The Morgan fingerprint density at radius 2 is 0.463 bits per heavy atom. The average molecular weight is 1850 g/mol. The molecule has 0 unspecified atom stereocenters. The number of hydrogen-bond donors (Lipinski definition) is 4. The fourth-order valence-corrected chi connectivity index (χ4v) is 20.2.